The largest absolute Gasteiger partial charge is 0.508 e. The molecule has 0 bridgehead atoms. The van der Waals surface area contributed by atoms with Crippen molar-refractivity contribution in [3.8, 4) is 11.5 Å². The number of aromatic hydroxyl groups is 2. The average Bonchev–Trinajstić information content (AvgIpc) is 2.09. The third kappa shape index (κ3) is 2.77. The number of halogens is 1. The third-order valence-corrected chi connectivity index (χ3v) is 2.51. The summed E-state index contributed by atoms with van der Waals surface area (Å²) in [5, 5.41) is 18.8. The van der Waals surface area contributed by atoms with Crippen molar-refractivity contribution >= 4 is 15.9 Å². The standard InChI is InChI=1S/C11H13BrO2/c1-7(2)3-4-8-5-9(12)11(14)6-10(8)13/h3,5-6,13-14H,4H2,1-2H3. The number of benzene rings is 1. The van der Waals surface area contributed by atoms with Gasteiger partial charge in [0.2, 0.25) is 0 Å². The van der Waals surface area contributed by atoms with Gasteiger partial charge in [-0.15, -0.1) is 0 Å². The predicted octanol–water partition coefficient (Wildman–Crippen LogP) is 3.37. The molecule has 0 amide bonds. The zero-order chi connectivity index (χ0) is 10.7. The van der Waals surface area contributed by atoms with Crippen molar-refractivity contribution < 1.29 is 10.2 Å². The van der Waals surface area contributed by atoms with E-state index in [1.807, 2.05) is 19.9 Å². The Hall–Kier alpha value is -0.960. The molecule has 0 fully saturated rings. The highest BCUT2D eigenvalue weighted by Gasteiger charge is 2.05. The van der Waals surface area contributed by atoms with E-state index < -0.39 is 0 Å². The van der Waals surface area contributed by atoms with Crippen LogP contribution in [0.3, 0.4) is 0 Å². The van der Waals surface area contributed by atoms with Gasteiger partial charge in [0.25, 0.3) is 0 Å². The van der Waals surface area contributed by atoms with Crippen LogP contribution < -0.4 is 0 Å². The monoisotopic (exact) mass is 256 g/mol. The van der Waals surface area contributed by atoms with E-state index in [0.29, 0.717) is 10.9 Å². The summed E-state index contributed by atoms with van der Waals surface area (Å²) in [5.41, 5.74) is 2.00. The van der Waals surface area contributed by atoms with Crippen molar-refractivity contribution in [3.63, 3.8) is 0 Å². The maximum absolute atomic E-state index is 9.52. The molecular formula is C11H13BrO2. The fourth-order valence-corrected chi connectivity index (χ4v) is 1.46. The van der Waals surface area contributed by atoms with Crippen LogP contribution >= 0.6 is 15.9 Å². The van der Waals surface area contributed by atoms with E-state index in [1.165, 1.54) is 11.6 Å². The molecule has 0 atom stereocenters. The van der Waals surface area contributed by atoms with E-state index >= 15 is 0 Å². The van der Waals surface area contributed by atoms with Crippen molar-refractivity contribution in [2.75, 3.05) is 0 Å². The maximum Gasteiger partial charge on any atom is 0.133 e. The summed E-state index contributed by atoms with van der Waals surface area (Å²) in [7, 11) is 0. The van der Waals surface area contributed by atoms with Gasteiger partial charge < -0.3 is 10.2 Å². The van der Waals surface area contributed by atoms with Crippen molar-refractivity contribution in [2.45, 2.75) is 20.3 Å². The van der Waals surface area contributed by atoms with E-state index in [2.05, 4.69) is 15.9 Å². The van der Waals surface area contributed by atoms with E-state index in [-0.39, 0.29) is 11.5 Å². The summed E-state index contributed by atoms with van der Waals surface area (Å²) in [4.78, 5) is 0. The molecule has 0 heterocycles. The second-order valence-electron chi connectivity index (χ2n) is 3.42. The SMILES string of the molecule is CC(C)=CCc1cc(Br)c(O)cc1O. The maximum atomic E-state index is 9.52. The summed E-state index contributed by atoms with van der Waals surface area (Å²) in [6.45, 7) is 4.01. The van der Waals surface area contributed by atoms with Gasteiger partial charge >= 0.3 is 0 Å². The second-order valence-corrected chi connectivity index (χ2v) is 4.27. The number of allylic oxidation sites excluding steroid dienone is 2. The molecule has 1 aromatic rings. The lowest BCUT2D eigenvalue weighted by molar-refractivity contribution is 0.445. The Morgan fingerprint density at radius 3 is 2.50 bits per heavy atom. The highest BCUT2D eigenvalue weighted by atomic mass is 79.9. The van der Waals surface area contributed by atoms with Crippen LogP contribution in [-0.4, -0.2) is 10.2 Å². The minimum Gasteiger partial charge on any atom is -0.508 e. The molecule has 1 rings (SSSR count). The molecule has 3 heteroatoms. The van der Waals surface area contributed by atoms with Crippen LogP contribution in [0.15, 0.2) is 28.3 Å². The summed E-state index contributed by atoms with van der Waals surface area (Å²) >= 11 is 3.21. The first-order valence-corrected chi connectivity index (χ1v) is 5.13. The summed E-state index contributed by atoms with van der Waals surface area (Å²) in [6.07, 6.45) is 2.70. The topological polar surface area (TPSA) is 40.5 Å². The van der Waals surface area contributed by atoms with Gasteiger partial charge in [0.1, 0.15) is 11.5 Å². The number of phenolic OH excluding ortho intramolecular Hbond substituents is 2. The van der Waals surface area contributed by atoms with Gasteiger partial charge in [-0.25, -0.2) is 0 Å². The molecule has 1 aromatic carbocycles. The first-order chi connectivity index (χ1) is 6.50. The van der Waals surface area contributed by atoms with Crippen LogP contribution in [0.4, 0.5) is 0 Å². The Morgan fingerprint density at radius 1 is 1.29 bits per heavy atom. The first kappa shape index (κ1) is 11.1. The molecule has 2 N–H and O–H groups in total. The second kappa shape index (κ2) is 4.51. The normalized spacial score (nSPS) is 9.93. The van der Waals surface area contributed by atoms with Crippen LogP contribution in [0.5, 0.6) is 11.5 Å². The number of rotatable bonds is 2. The van der Waals surface area contributed by atoms with Crippen molar-refractivity contribution in [2.24, 2.45) is 0 Å². The highest BCUT2D eigenvalue weighted by Crippen LogP contribution is 2.31. The van der Waals surface area contributed by atoms with Gasteiger partial charge in [0.05, 0.1) is 4.47 Å². The Labute approximate surface area is 92.0 Å². The lowest BCUT2D eigenvalue weighted by atomic mass is 10.1. The fraction of sp³-hybridized carbons (Fsp3) is 0.273. The number of hydrogen-bond donors (Lipinski definition) is 2. The minimum absolute atomic E-state index is 0.0588. The Bertz CT molecular complexity index is 366. The molecule has 0 radical (unpaired) electrons. The highest BCUT2D eigenvalue weighted by molar-refractivity contribution is 9.10. The molecule has 0 saturated carbocycles. The molecule has 0 spiro atoms. The number of phenols is 2. The average molecular weight is 257 g/mol. The van der Waals surface area contributed by atoms with Crippen LogP contribution in [-0.2, 0) is 6.42 Å². The number of hydrogen-bond acceptors (Lipinski definition) is 2. The quantitative estimate of drug-likeness (QED) is 0.797. The van der Waals surface area contributed by atoms with Gasteiger partial charge in [0, 0.05) is 6.07 Å². The van der Waals surface area contributed by atoms with Crippen molar-refractivity contribution in [3.05, 3.63) is 33.8 Å². The summed E-state index contributed by atoms with van der Waals surface area (Å²) in [6, 6.07) is 3.07. The van der Waals surface area contributed by atoms with Gasteiger partial charge in [0.15, 0.2) is 0 Å². The van der Waals surface area contributed by atoms with E-state index in [1.54, 1.807) is 6.07 Å². The first-order valence-electron chi connectivity index (χ1n) is 4.34. The molecule has 0 unspecified atom stereocenters. The van der Waals surface area contributed by atoms with Gasteiger partial charge in [-0.05, 0) is 47.8 Å². The molecule has 0 aliphatic heterocycles. The van der Waals surface area contributed by atoms with Crippen molar-refractivity contribution in [1.82, 2.24) is 0 Å². The smallest absolute Gasteiger partial charge is 0.133 e. The van der Waals surface area contributed by atoms with E-state index in [0.717, 1.165) is 5.56 Å². The van der Waals surface area contributed by atoms with Crippen LogP contribution in [0, 0.1) is 0 Å². The minimum atomic E-state index is 0.0588. The van der Waals surface area contributed by atoms with Gasteiger partial charge in [-0.1, -0.05) is 11.6 Å². The Kier molecular flexibility index (Phi) is 3.58. The molecule has 0 aliphatic rings. The Morgan fingerprint density at radius 2 is 1.93 bits per heavy atom. The lowest BCUT2D eigenvalue weighted by Gasteiger charge is -2.04. The fourth-order valence-electron chi connectivity index (χ4n) is 1.07. The van der Waals surface area contributed by atoms with Gasteiger partial charge in [-0.2, -0.15) is 0 Å². The zero-order valence-electron chi connectivity index (χ0n) is 8.21. The summed E-state index contributed by atoms with van der Waals surface area (Å²) < 4.78 is 0.604. The molecule has 0 aromatic heterocycles. The zero-order valence-corrected chi connectivity index (χ0v) is 9.80. The third-order valence-electron chi connectivity index (χ3n) is 1.88. The van der Waals surface area contributed by atoms with Crippen molar-refractivity contribution in [1.29, 1.82) is 0 Å². The molecular weight excluding hydrogens is 244 g/mol. The van der Waals surface area contributed by atoms with Crippen LogP contribution in [0.1, 0.15) is 19.4 Å². The Balaban J connectivity index is 2.98. The molecule has 14 heavy (non-hydrogen) atoms. The molecule has 0 aliphatic carbocycles. The molecule has 0 saturated heterocycles. The van der Waals surface area contributed by atoms with Crippen LogP contribution in [0.2, 0.25) is 0 Å². The predicted molar refractivity (Wildman–Crippen MR) is 60.6 cm³/mol. The lowest BCUT2D eigenvalue weighted by Crippen LogP contribution is -1.84. The summed E-state index contributed by atoms with van der Waals surface area (Å²) in [5.74, 6) is 0.187. The molecule has 2 nitrogen and oxygen atoms in total. The van der Waals surface area contributed by atoms with Crippen LogP contribution in [0.25, 0.3) is 0 Å². The van der Waals surface area contributed by atoms with Gasteiger partial charge in [-0.3, -0.25) is 0 Å². The van der Waals surface area contributed by atoms with E-state index in [4.69, 9.17) is 0 Å². The molecule has 76 valence electrons. The van der Waals surface area contributed by atoms with E-state index in [9.17, 15) is 10.2 Å².